The number of hydrogen-bond acceptors (Lipinski definition) is 6. The molecular weight excluding hydrogens is 352 g/mol. The molecule has 0 aliphatic carbocycles. The van der Waals surface area contributed by atoms with Crippen LogP contribution in [0.25, 0.3) is 0 Å². The molecule has 2 aromatic rings. The van der Waals surface area contributed by atoms with E-state index in [0.29, 0.717) is 11.1 Å². The Bertz CT molecular complexity index is 817. The van der Waals surface area contributed by atoms with Crippen LogP contribution in [-0.2, 0) is 9.63 Å². The molecule has 0 spiro atoms. The molecule has 1 amide bonds. The Hall–Kier alpha value is -2.93. The minimum absolute atomic E-state index is 0.0134. The molecule has 26 heavy (non-hydrogen) atoms. The number of benzene rings is 2. The summed E-state index contributed by atoms with van der Waals surface area (Å²) in [6.07, 6.45) is 1.84. The van der Waals surface area contributed by atoms with E-state index in [1.54, 1.807) is 66.4 Å². The maximum atomic E-state index is 12.6. The highest BCUT2D eigenvalue weighted by atomic mass is 32.2. The number of primary amides is 1. The molecule has 6 nitrogen and oxygen atoms in total. The Morgan fingerprint density at radius 1 is 0.962 bits per heavy atom. The van der Waals surface area contributed by atoms with Gasteiger partial charge in [-0.05, 0) is 42.7 Å². The Balaban J connectivity index is 2.19. The van der Waals surface area contributed by atoms with Crippen molar-refractivity contribution in [1.82, 2.24) is 0 Å². The van der Waals surface area contributed by atoms with Gasteiger partial charge in [-0.25, -0.2) is 4.79 Å². The first kappa shape index (κ1) is 19.4. The molecule has 0 unspecified atom stereocenters. The number of thioether (sulfide) groups is 1. The minimum atomic E-state index is -0.687. The number of carbonyl (C=O) groups excluding carboxylic acids is 3. The highest BCUT2D eigenvalue weighted by molar-refractivity contribution is 7.98. The molecule has 0 aliphatic rings. The van der Waals surface area contributed by atoms with E-state index < -0.39 is 17.7 Å². The summed E-state index contributed by atoms with van der Waals surface area (Å²) in [6, 6.07) is 15.2. The van der Waals surface area contributed by atoms with Crippen LogP contribution in [0.4, 0.5) is 0 Å². The Morgan fingerprint density at radius 2 is 1.62 bits per heavy atom. The normalized spacial score (nSPS) is 11.0. The fourth-order valence-electron chi connectivity index (χ4n) is 2.07. The summed E-state index contributed by atoms with van der Waals surface area (Å²) in [5.74, 6) is -1.68. The molecule has 0 saturated carbocycles. The van der Waals surface area contributed by atoms with Crippen molar-refractivity contribution < 1.29 is 19.2 Å². The molecule has 0 aliphatic heterocycles. The fraction of sp³-hybridized carbons (Fsp3) is 0.158. The van der Waals surface area contributed by atoms with Crippen molar-refractivity contribution in [3.8, 4) is 0 Å². The summed E-state index contributed by atoms with van der Waals surface area (Å²) < 4.78 is 0. The SMILES string of the molecule is CSc1ccc(C(=O)/C(CCC(N)=O)=N/OC(=O)c2ccccc2)cc1. The Morgan fingerprint density at radius 3 is 2.19 bits per heavy atom. The first-order valence-corrected chi connectivity index (χ1v) is 9.04. The van der Waals surface area contributed by atoms with Crippen LogP contribution in [0.3, 0.4) is 0 Å². The average Bonchev–Trinajstić information content (AvgIpc) is 2.68. The van der Waals surface area contributed by atoms with Crippen molar-refractivity contribution in [2.24, 2.45) is 10.9 Å². The lowest BCUT2D eigenvalue weighted by Gasteiger charge is -2.06. The zero-order valence-electron chi connectivity index (χ0n) is 14.2. The van der Waals surface area contributed by atoms with Crippen molar-refractivity contribution in [3.63, 3.8) is 0 Å². The molecule has 2 aromatic carbocycles. The smallest absolute Gasteiger partial charge is 0.365 e. The van der Waals surface area contributed by atoms with Crippen LogP contribution >= 0.6 is 11.8 Å². The summed E-state index contributed by atoms with van der Waals surface area (Å²) in [4.78, 5) is 41.6. The molecule has 0 saturated heterocycles. The van der Waals surface area contributed by atoms with Gasteiger partial charge in [-0.3, -0.25) is 9.59 Å². The number of nitrogens with zero attached hydrogens (tertiary/aromatic N) is 1. The molecule has 134 valence electrons. The lowest BCUT2D eigenvalue weighted by Crippen LogP contribution is -2.20. The van der Waals surface area contributed by atoms with Crippen molar-refractivity contribution in [2.45, 2.75) is 17.7 Å². The van der Waals surface area contributed by atoms with E-state index in [1.165, 1.54) is 0 Å². The van der Waals surface area contributed by atoms with Gasteiger partial charge in [-0.1, -0.05) is 23.4 Å². The fourth-order valence-corrected chi connectivity index (χ4v) is 2.48. The number of carbonyl (C=O) groups is 3. The van der Waals surface area contributed by atoms with Gasteiger partial charge in [-0.2, -0.15) is 0 Å². The zero-order chi connectivity index (χ0) is 18.9. The summed E-state index contributed by atoms with van der Waals surface area (Å²) in [6.45, 7) is 0. The van der Waals surface area contributed by atoms with Crippen molar-refractivity contribution >= 4 is 35.1 Å². The number of Topliss-reactive ketones (excluding diaryl/α,β-unsaturated/α-hetero) is 1. The lowest BCUT2D eigenvalue weighted by molar-refractivity contribution is -0.117. The quantitative estimate of drug-likeness (QED) is 0.253. The standard InChI is InChI=1S/C19H18N2O4S/c1-26-15-9-7-13(8-10-15)18(23)16(11-12-17(20)22)21-25-19(24)14-5-3-2-4-6-14/h2-10H,11-12H2,1H3,(H2,20,22)/b21-16+. The highest BCUT2D eigenvalue weighted by Gasteiger charge is 2.17. The van der Waals surface area contributed by atoms with E-state index >= 15 is 0 Å². The van der Waals surface area contributed by atoms with Gasteiger partial charge in [0.15, 0.2) is 0 Å². The van der Waals surface area contributed by atoms with Gasteiger partial charge in [0.25, 0.3) is 0 Å². The van der Waals surface area contributed by atoms with E-state index in [1.807, 2.05) is 6.26 Å². The van der Waals surface area contributed by atoms with E-state index in [9.17, 15) is 14.4 Å². The second-order valence-electron chi connectivity index (χ2n) is 5.31. The van der Waals surface area contributed by atoms with E-state index in [-0.39, 0.29) is 18.6 Å². The monoisotopic (exact) mass is 370 g/mol. The number of ketones is 1. The van der Waals surface area contributed by atoms with Gasteiger partial charge in [0, 0.05) is 23.3 Å². The van der Waals surface area contributed by atoms with Crippen molar-refractivity contribution in [3.05, 3.63) is 65.7 Å². The minimum Gasteiger partial charge on any atom is -0.370 e. The van der Waals surface area contributed by atoms with Crippen LogP contribution in [-0.4, -0.2) is 29.6 Å². The third-order valence-corrected chi connectivity index (χ3v) is 4.21. The average molecular weight is 370 g/mol. The van der Waals surface area contributed by atoms with Gasteiger partial charge < -0.3 is 10.6 Å². The first-order chi connectivity index (χ1) is 12.5. The zero-order valence-corrected chi connectivity index (χ0v) is 15.0. The van der Waals surface area contributed by atoms with Crippen LogP contribution in [0, 0.1) is 0 Å². The van der Waals surface area contributed by atoms with Gasteiger partial charge in [0.2, 0.25) is 11.7 Å². The summed E-state index contributed by atoms with van der Waals surface area (Å²) in [5.41, 5.74) is 5.81. The third-order valence-electron chi connectivity index (χ3n) is 3.47. The Labute approximate surface area is 155 Å². The number of nitrogens with two attached hydrogens (primary N) is 1. The number of rotatable bonds is 8. The molecule has 0 fully saturated rings. The van der Waals surface area contributed by atoms with Crippen LogP contribution in [0.5, 0.6) is 0 Å². The van der Waals surface area contributed by atoms with Crippen LogP contribution in [0.1, 0.15) is 33.6 Å². The molecule has 7 heteroatoms. The predicted molar refractivity (Wildman–Crippen MR) is 100 cm³/mol. The van der Waals surface area contributed by atoms with Crippen LogP contribution in [0.15, 0.2) is 64.6 Å². The number of oxime groups is 1. The maximum absolute atomic E-state index is 12.6. The molecular formula is C19H18N2O4S. The first-order valence-electron chi connectivity index (χ1n) is 7.81. The molecule has 0 atom stereocenters. The molecule has 0 bridgehead atoms. The Kier molecular flexibility index (Phi) is 7.11. The van der Waals surface area contributed by atoms with Gasteiger partial charge in [0.05, 0.1) is 5.56 Å². The highest BCUT2D eigenvalue weighted by Crippen LogP contribution is 2.16. The molecule has 0 aromatic heterocycles. The van der Waals surface area contributed by atoms with E-state index in [4.69, 9.17) is 10.6 Å². The van der Waals surface area contributed by atoms with Crippen LogP contribution in [0.2, 0.25) is 0 Å². The molecule has 0 heterocycles. The molecule has 2 rings (SSSR count). The van der Waals surface area contributed by atoms with Crippen molar-refractivity contribution in [2.75, 3.05) is 6.26 Å². The maximum Gasteiger partial charge on any atom is 0.365 e. The summed E-state index contributed by atoms with van der Waals surface area (Å²) in [5, 5.41) is 3.70. The van der Waals surface area contributed by atoms with Gasteiger partial charge >= 0.3 is 5.97 Å². The number of hydrogen-bond donors (Lipinski definition) is 1. The lowest BCUT2D eigenvalue weighted by atomic mass is 10.0. The van der Waals surface area contributed by atoms with Crippen LogP contribution < -0.4 is 5.73 Å². The summed E-state index contributed by atoms with van der Waals surface area (Å²) in [7, 11) is 0. The number of amides is 1. The van der Waals surface area contributed by atoms with E-state index in [2.05, 4.69) is 5.16 Å². The third kappa shape index (κ3) is 5.56. The second kappa shape index (κ2) is 9.53. The second-order valence-corrected chi connectivity index (χ2v) is 6.19. The molecule has 0 radical (unpaired) electrons. The van der Waals surface area contributed by atoms with E-state index in [0.717, 1.165) is 4.90 Å². The molecule has 2 N–H and O–H groups in total. The topological polar surface area (TPSA) is 98.8 Å². The summed E-state index contributed by atoms with van der Waals surface area (Å²) >= 11 is 1.55. The predicted octanol–water partition coefficient (Wildman–Crippen LogP) is 3.07. The largest absolute Gasteiger partial charge is 0.370 e. The van der Waals surface area contributed by atoms with Gasteiger partial charge in [-0.15, -0.1) is 11.8 Å². The van der Waals surface area contributed by atoms with Gasteiger partial charge in [0.1, 0.15) is 5.71 Å². The van der Waals surface area contributed by atoms with Crippen molar-refractivity contribution in [1.29, 1.82) is 0 Å².